The van der Waals surface area contributed by atoms with Crippen LogP contribution in [-0.4, -0.2) is 19.6 Å². The van der Waals surface area contributed by atoms with E-state index < -0.39 is 11.6 Å². The smallest absolute Gasteiger partial charge is 0.150 e. The topological polar surface area (TPSA) is 50.9 Å². The fourth-order valence-electron chi connectivity index (χ4n) is 6.26. The summed E-state index contributed by atoms with van der Waals surface area (Å²) in [4.78, 5) is 9.18. The van der Waals surface area contributed by atoms with Crippen molar-refractivity contribution in [1.82, 2.24) is 14.5 Å². The molecule has 0 aliphatic carbocycles. The van der Waals surface area contributed by atoms with E-state index in [9.17, 15) is 13.9 Å². The van der Waals surface area contributed by atoms with Gasteiger partial charge in [-0.25, -0.2) is 13.8 Å². The molecule has 6 aromatic carbocycles. The number of aryl methyl sites for hydroxylation is 3. The van der Waals surface area contributed by atoms with Crippen molar-refractivity contribution in [2.75, 3.05) is 0 Å². The Balaban J connectivity index is 0.000000164. The second-order valence-electron chi connectivity index (χ2n) is 11.6. The molecular formula is C41H30F2IrN3O-. The molecule has 48 heavy (non-hydrogen) atoms. The maximum atomic E-state index is 14.4. The van der Waals surface area contributed by atoms with Gasteiger partial charge in [0.05, 0.1) is 16.6 Å². The molecule has 2 heterocycles. The van der Waals surface area contributed by atoms with Gasteiger partial charge in [-0.05, 0) is 82.2 Å². The minimum Gasteiger partial charge on any atom is -0.507 e. The Morgan fingerprint density at radius 1 is 0.729 bits per heavy atom. The first-order valence-electron chi connectivity index (χ1n) is 15.3. The molecule has 1 radical (unpaired) electrons. The van der Waals surface area contributed by atoms with E-state index in [4.69, 9.17) is 4.98 Å². The Kier molecular flexibility index (Phi) is 9.18. The predicted molar refractivity (Wildman–Crippen MR) is 186 cm³/mol. The molecule has 0 spiro atoms. The summed E-state index contributed by atoms with van der Waals surface area (Å²) in [5.41, 5.74) is 7.10. The van der Waals surface area contributed by atoms with Gasteiger partial charge in [0.2, 0.25) is 0 Å². The third-order valence-corrected chi connectivity index (χ3v) is 8.25. The van der Waals surface area contributed by atoms with Gasteiger partial charge in [0.1, 0.15) is 28.9 Å². The van der Waals surface area contributed by atoms with Gasteiger partial charge in [0.15, 0.2) is 0 Å². The number of aromatic hydroxyl groups is 1. The zero-order chi connectivity index (χ0) is 32.7. The molecule has 0 bridgehead atoms. The number of benzene rings is 6. The summed E-state index contributed by atoms with van der Waals surface area (Å²) in [7, 11) is 0. The van der Waals surface area contributed by atoms with Gasteiger partial charge >= 0.3 is 0 Å². The number of hydrogen-bond acceptors (Lipinski definition) is 3. The van der Waals surface area contributed by atoms with Crippen LogP contribution in [-0.2, 0) is 20.1 Å². The molecule has 0 fully saturated rings. The Labute approximate surface area is 290 Å². The fraction of sp³-hybridized carbons (Fsp3) is 0.0732. The average molecular weight is 811 g/mol. The number of pyridine rings is 1. The summed E-state index contributed by atoms with van der Waals surface area (Å²) in [6.07, 6.45) is 1.90. The van der Waals surface area contributed by atoms with Crippen LogP contribution in [0, 0.1) is 38.5 Å². The van der Waals surface area contributed by atoms with Gasteiger partial charge < -0.3 is 10.1 Å². The van der Waals surface area contributed by atoms with E-state index in [2.05, 4.69) is 80.4 Å². The molecule has 0 unspecified atom stereocenters. The van der Waals surface area contributed by atoms with Gasteiger partial charge in [-0.3, -0.25) is 4.57 Å². The van der Waals surface area contributed by atoms with E-state index in [0.29, 0.717) is 16.6 Å². The van der Waals surface area contributed by atoms with Crippen LogP contribution < -0.4 is 0 Å². The van der Waals surface area contributed by atoms with Crippen molar-refractivity contribution in [2.24, 2.45) is 0 Å². The molecule has 8 rings (SSSR count). The van der Waals surface area contributed by atoms with Crippen LogP contribution in [0.15, 0.2) is 121 Å². The number of phenolic OH excluding ortho intramolecular Hbond substituents is 1. The third kappa shape index (κ3) is 5.99. The van der Waals surface area contributed by atoms with Crippen LogP contribution in [0.3, 0.4) is 0 Å². The number of para-hydroxylation sites is 4. The maximum absolute atomic E-state index is 14.4. The largest absolute Gasteiger partial charge is 0.507 e. The molecule has 8 aromatic rings. The Hall–Kier alpha value is -5.23. The molecule has 7 heteroatoms. The van der Waals surface area contributed by atoms with Crippen molar-refractivity contribution in [3.8, 4) is 34.1 Å². The molecule has 0 aliphatic rings. The molecule has 0 saturated heterocycles. The Morgan fingerprint density at radius 2 is 1.42 bits per heavy atom. The first-order chi connectivity index (χ1) is 22.8. The first-order valence-corrected chi connectivity index (χ1v) is 15.3. The summed E-state index contributed by atoms with van der Waals surface area (Å²) in [5.74, 6) is -1.13. The number of phenols is 1. The molecule has 2 aromatic heterocycles. The van der Waals surface area contributed by atoms with Crippen LogP contribution in [0.1, 0.15) is 16.7 Å². The van der Waals surface area contributed by atoms with E-state index in [1.54, 1.807) is 42.5 Å². The average Bonchev–Trinajstić information content (AvgIpc) is 3.43. The minimum atomic E-state index is -0.699. The van der Waals surface area contributed by atoms with E-state index in [0.717, 1.165) is 16.8 Å². The van der Waals surface area contributed by atoms with Crippen LogP contribution in [0.4, 0.5) is 8.78 Å². The number of fused-ring (bicyclic) bond motifs is 4. The molecule has 0 saturated carbocycles. The number of imidazole rings is 1. The second-order valence-corrected chi connectivity index (χ2v) is 11.6. The van der Waals surface area contributed by atoms with Crippen LogP contribution in [0.2, 0.25) is 0 Å². The zero-order valence-corrected chi connectivity index (χ0v) is 28.8. The Bertz CT molecular complexity index is 2410. The predicted octanol–water partition coefficient (Wildman–Crippen LogP) is 10.5. The fourth-order valence-corrected chi connectivity index (χ4v) is 6.26. The maximum Gasteiger partial charge on any atom is 0.150 e. The molecular weight excluding hydrogens is 781 g/mol. The van der Waals surface area contributed by atoms with Crippen molar-refractivity contribution in [1.29, 1.82) is 0 Å². The zero-order valence-electron chi connectivity index (χ0n) is 26.4. The van der Waals surface area contributed by atoms with Gasteiger partial charge in [-0.1, -0.05) is 74.5 Å². The molecule has 0 amide bonds. The van der Waals surface area contributed by atoms with Gasteiger partial charge in [-0.15, -0.1) is 34.9 Å². The quantitative estimate of drug-likeness (QED) is 0.143. The summed E-state index contributed by atoms with van der Waals surface area (Å²) in [5, 5.41) is 15.2. The summed E-state index contributed by atoms with van der Waals surface area (Å²) >= 11 is 0. The number of halogens is 2. The van der Waals surface area contributed by atoms with Gasteiger partial charge in [-0.2, -0.15) is 0 Å². The second kappa shape index (κ2) is 13.5. The van der Waals surface area contributed by atoms with Gasteiger partial charge in [0, 0.05) is 26.3 Å². The van der Waals surface area contributed by atoms with Crippen LogP contribution in [0.5, 0.6) is 5.75 Å². The summed E-state index contributed by atoms with van der Waals surface area (Å²) in [6, 6.07) is 38.1. The number of aromatic nitrogens is 3. The van der Waals surface area contributed by atoms with Crippen molar-refractivity contribution < 1.29 is 34.0 Å². The molecule has 1 N–H and O–H groups in total. The summed E-state index contributed by atoms with van der Waals surface area (Å²) < 4.78 is 30.2. The number of hydrogen-bond donors (Lipinski definition) is 1. The molecule has 0 atom stereocenters. The number of nitrogens with zero attached hydrogens (tertiary/aromatic N) is 3. The van der Waals surface area contributed by atoms with Crippen molar-refractivity contribution in [3.63, 3.8) is 0 Å². The first kappa shape index (κ1) is 32.7. The van der Waals surface area contributed by atoms with E-state index in [-0.39, 0.29) is 37.4 Å². The minimum absolute atomic E-state index is 0. The summed E-state index contributed by atoms with van der Waals surface area (Å²) in [6.45, 7) is 6.38. The SMILES string of the molecule is Cc1[c-]c(-c2nccc3cc(C)c4ccccc4c23)cc(C)c1.Oc1ccccc1-c1nc2ccccc2n1-c1c(F)cccc1F.[Ir]. The molecule has 0 aliphatic heterocycles. The van der Waals surface area contributed by atoms with E-state index >= 15 is 0 Å². The van der Waals surface area contributed by atoms with Crippen LogP contribution in [0.25, 0.3) is 60.9 Å². The third-order valence-electron chi connectivity index (χ3n) is 8.25. The molecule has 239 valence electrons. The van der Waals surface area contributed by atoms with Crippen molar-refractivity contribution in [3.05, 3.63) is 156 Å². The Morgan fingerprint density at radius 3 is 2.17 bits per heavy atom. The normalized spacial score (nSPS) is 10.9. The van der Waals surface area contributed by atoms with Crippen LogP contribution >= 0.6 is 0 Å². The van der Waals surface area contributed by atoms with E-state index in [1.165, 1.54) is 61.5 Å². The standard InChI is InChI=1S/C22H18N.C19H12F2N2O.Ir/c1-14-10-15(2)12-18(11-14)22-21-17(8-9-23-22)13-16(3)19-6-4-5-7-20(19)21;20-13-7-5-8-14(21)18(13)23-16-10-3-2-9-15(16)22-19(23)12-6-1-4-11-17(12)24;/h4-11,13H,1-3H3;1-11,24H;/q-1;;. The monoisotopic (exact) mass is 811 g/mol. The van der Waals surface area contributed by atoms with Gasteiger partial charge in [0.25, 0.3) is 0 Å². The van der Waals surface area contributed by atoms with E-state index in [1.807, 2.05) is 6.20 Å². The number of rotatable bonds is 3. The molecule has 4 nitrogen and oxygen atoms in total. The van der Waals surface area contributed by atoms with Crippen molar-refractivity contribution in [2.45, 2.75) is 20.8 Å². The van der Waals surface area contributed by atoms with Crippen molar-refractivity contribution >= 4 is 32.6 Å².